The van der Waals surface area contributed by atoms with Crippen molar-refractivity contribution in [2.45, 2.75) is 31.1 Å². The first kappa shape index (κ1) is 17.9. The summed E-state index contributed by atoms with van der Waals surface area (Å²) >= 11 is 0. The van der Waals surface area contributed by atoms with Gasteiger partial charge in [0.15, 0.2) is 0 Å². The van der Waals surface area contributed by atoms with E-state index in [9.17, 15) is 13.2 Å². The molecule has 7 heteroatoms. The van der Waals surface area contributed by atoms with Gasteiger partial charge in [0.25, 0.3) is 5.91 Å². The maximum absolute atomic E-state index is 12.7. The monoisotopic (exact) mass is 340 g/mol. The van der Waals surface area contributed by atoms with Crippen LogP contribution in [0, 0.1) is 0 Å². The summed E-state index contributed by atoms with van der Waals surface area (Å²) in [6, 6.07) is 6.25. The van der Waals surface area contributed by atoms with Crippen molar-refractivity contribution in [3.8, 4) is 0 Å². The number of sulfonamides is 1. The number of carbonyl (C=O) groups excluding carboxylic acids is 1. The van der Waals surface area contributed by atoms with Crippen LogP contribution in [0.3, 0.4) is 0 Å². The fourth-order valence-corrected chi connectivity index (χ4v) is 4.02. The Labute approximate surface area is 137 Å². The molecule has 1 N–H and O–H groups in total. The van der Waals surface area contributed by atoms with Gasteiger partial charge in [0.1, 0.15) is 0 Å². The van der Waals surface area contributed by atoms with E-state index in [0.29, 0.717) is 31.5 Å². The van der Waals surface area contributed by atoms with Crippen molar-refractivity contribution in [1.82, 2.24) is 9.21 Å². The number of carbonyl (C=O) groups is 1. The Morgan fingerprint density at radius 2 is 2.04 bits per heavy atom. The second-order valence-electron chi connectivity index (χ2n) is 5.60. The van der Waals surface area contributed by atoms with Gasteiger partial charge in [0.05, 0.1) is 4.90 Å². The summed E-state index contributed by atoms with van der Waals surface area (Å²) in [5.41, 5.74) is 0.414. The Hall–Kier alpha value is -1.44. The smallest absolute Gasteiger partial charge is 0.253 e. The summed E-state index contributed by atoms with van der Waals surface area (Å²) in [5, 5.41) is 8.84. The van der Waals surface area contributed by atoms with E-state index in [4.69, 9.17) is 5.11 Å². The van der Waals surface area contributed by atoms with Crippen LogP contribution in [-0.2, 0) is 10.0 Å². The number of benzene rings is 1. The number of unbranched alkanes of at least 4 members (excludes halogenated alkanes) is 1. The largest absolute Gasteiger partial charge is 0.396 e. The molecule has 0 bridgehead atoms. The van der Waals surface area contributed by atoms with Crippen molar-refractivity contribution < 1.29 is 18.3 Å². The van der Waals surface area contributed by atoms with Gasteiger partial charge >= 0.3 is 0 Å². The van der Waals surface area contributed by atoms with Gasteiger partial charge in [0.2, 0.25) is 10.0 Å². The standard InChI is InChI=1S/C16H24N2O4S/c1-2-18(11-3-4-12-19)23(21,22)15-8-5-7-14(13-15)16(20)17-9-6-10-17/h5,7-8,13,19H,2-4,6,9-12H2,1H3. The Balaban J connectivity index is 2.19. The van der Waals surface area contributed by atoms with Crippen LogP contribution in [0.15, 0.2) is 29.2 Å². The zero-order chi connectivity index (χ0) is 16.9. The third-order valence-corrected chi connectivity index (χ3v) is 6.00. The number of hydrogen-bond donors (Lipinski definition) is 1. The number of aliphatic hydroxyl groups excluding tert-OH is 1. The molecule has 128 valence electrons. The van der Waals surface area contributed by atoms with Crippen molar-refractivity contribution in [3.63, 3.8) is 0 Å². The van der Waals surface area contributed by atoms with Crippen molar-refractivity contribution in [2.24, 2.45) is 0 Å². The first-order valence-electron chi connectivity index (χ1n) is 8.01. The Kier molecular flexibility index (Phi) is 6.15. The van der Waals surface area contributed by atoms with Crippen LogP contribution >= 0.6 is 0 Å². The van der Waals surface area contributed by atoms with E-state index in [-0.39, 0.29) is 17.4 Å². The Morgan fingerprint density at radius 1 is 1.30 bits per heavy atom. The molecule has 1 saturated heterocycles. The minimum Gasteiger partial charge on any atom is -0.396 e. The molecule has 1 heterocycles. The van der Waals surface area contributed by atoms with Crippen LogP contribution in [0.25, 0.3) is 0 Å². The van der Waals surface area contributed by atoms with Gasteiger partial charge in [-0.05, 0) is 37.5 Å². The van der Waals surface area contributed by atoms with E-state index < -0.39 is 10.0 Å². The van der Waals surface area contributed by atoms with E-state index in [2.05, 4.69) is 0 Å². The first-order chi connectivity index (χ1) is 11.0. The molecule has 0 saturated carbocycles. The highest BCUT2D eigenvalue weighted by Crippen LogP contribution is 2.20. The summed E-state index contributed by atoms with van der Waals surface area (Å²) in [7, 11) is -3.62. The van der Waals surface area contributed by atoms with Crippen LogP contribution < -0.4 is 0 Å². The molecule has 1 aliphatic rings. The highest BCUT2D eigenvalue weighted by atomic mass is 32.2. The zero-order valence-corrected chi connectivity index (χ0v) is 14.3. The van der Waals surface area contributed by atoms with Gasteiger partial charge in [-0.25, -0.2) is 8.42 Å². The lowest BCUT2D eigenvalue weighted by molar-refractivity contribution is 0.0651. The van der Waals surface area contributed by atoms with E-state index in [0.717, 1.165) is 19.5 Å². The Morgan fingerprint density at radius 3 is 2.61 bits per heavy atom. The van der Waals surface area contributed by atoms with E-state index >= 15 is 0 Å². The molecule has 0 radical (unpaired) electrons. The predicted molar refractivity (Wildman–Crippen MR) is 87.7 cm³/mol. The minimum atomic E-state index is -3.62. The summed E-state index contributed by atoms with van der Waals surface area (Å²) in [6.07, 6.45) is 2.17. The summed E-state index contributed by atoms with van der Waals surface area (Å²) in [6.45, 7) is 4.03. The van der Waals surface area contributed by atoms with Gasteiger partial charge in [-0.15, -0.1) is 0 Å². The molecule has 0 atom stereocenters. The maximum atomic E-state index is 12.7. The lowest BCUT2D eigenvalue weighted by atomic mass is 10.1. The average Bonchev–Trinajstić information content (AvgIpc) is 2.50. The van der Waals surface area contributed by atoms with E-state index in [1.807, 2.05) is 0 Å². The van der Waals surface area contributed by atoms with Crippen molar-refractivity contribution in [2.75, 3.05) is 32.8 Å². The SMILES string of the molecule is CCN(CCCCO)S(=O)(=O)c1cccc(C(=O)N2CCC2)c1. The molecular formula is C16H24N2O4S. The third kappa shape index (κ3) is 4.10. The van der Waals surface area contributed by atoms with Gasteiger partial charge in [-0.2, -0.15) is 4.31 Å². The Bertz CT molecular complexity index is 641. The molecule has 6 nitrogen and oxygen atoms in total. The minimum absolute atomic E-state index is 0.0530. The third-order valence-electron chi connectivity index (χ3n) is 4.03. The van der Waals surface area contributed by atoms with Crippen molar-refractivity contribution in [3.05, 3.63) is 29.8 Å². The highest BCUT2D eigenvalue weighted by molar-refractivity contribution is 7.89. The fraction of sp³-hybridized carbons (Fsp3) is 0.562. The molecule has 0 aromatic heterocycles. The fourth-order valence-electron chi connectivity index (χ4n) is 2.49. The molecule has 0 spiro atoms. The van der Waals surface area contributed by atoms with Crippen LogP contribution in [0.2, 0.25) is 0 Å². The van der Waals surface area contributed by atoms with Gasteiger partial charge in [-0.1, -0.05) is 13.0 Å². The topological polar surface area (TPSA) is 77.9 Å². The molecule has 1 fully saturated rings. The number of nitrogens with zero attached hydrogens (tertiary/aromatic N) is 2. The number of amides is 1. The number of hydrogen-bond acceptors (Lipinski definition) is 4. The van der Waals surface area contributed by atoms with Crippen LogP contribution in [-0.4, -0.2) is 61.4 Å². The molecule has 1 amide bonds. The van der Waals surface area contributed by atoms with E-state index in [1.165, 1.54) is 16.4 Å². The predicted octanol–water partition coefficient (Wildman–Crippen LogP) is 1.32. The second-order valence-corrected chi connectivity index (χ2v) is 7.54. The number of rotatable bonds is 8. The molecule has 0 unspecified atom stereocenters. The lowest BCUT2D eigenvalue weighted by Gasteiger charge is -2.31. The zero-order valence-electron chi connectivity index (χ0n) is 13.4. The summed E-state index contributed by atoms with van der Waals surface area (Å²) in [4.78, 5) is 14.1. The molecule has 1 aliphatic heterocycles. The first-order valence-corrected chi connectivity index (χ1v) is 9.45. The summed E-state index contributed by atoms with van der Waals surface area (Å²) in [5.74, 6) is -0.114. The van der Waals surface area contributed by atoms with Crippen LogP contribution in [0.1, 0.15) is 36.5 Å². The van der Waals surface area contributed by atoms with Crippen molar-refractivity contribution >= 4 is 15.9 Å². The van der Waals surface area contributed by atoms with Crippen LogP contribution in [0.4, 0.5) is 0 Å². The molecule has 23 heavy (non-hydrogen) atoms. The van der Waals surface area contributed by atoms with Crippen LogP contribution in [0.5, 0.6) is 0 Å². The number of aliphatic hydroxyl groups is 1. The number of likely N-dealkylation sites (tertiary alicyclic amines) is 1. The molecule has 2 rings (SSSR count). The second kappa shape index (κ2) is 7.90. The average molecular weight is 340 g/mol. The van der Waals surface area contributed by atoms with Gasteiger partial charge in [0, 0.05) is 38.3 Å². The molecular weight excluding hydrogens is 316 g/mol. The normalized spacial score (nSPS) is 14.8. The van der Waals surface area contributed by atoms with Crippen molar-refractivity contribution in [1.29, 1.82) is 0 Å². The highest BCUT2D eigenvalue weighted by Gasteiger charge is 2.26. The molecule has 1 aromatic rings. The quantitative estimate of drug-likeness (QED) is 0.724. The summed E-state index contributed by atoms with van der Waals surface area (Å²) < 4.78 is 26.8. The maximum Gasteiger partial charge on any atom is 0.253 e. The van der Waals surface area contributed by atoms with Gasteiger partial charge in [-0.3, -0.25) is 4.79 Å². The molecule has 1 aromatic carbocycles. The molecule has 0 aliphatic carbocycles. The van der Waals surface area contributed by atoms with E-state index in [1.54, 1.807) is 24.0 Å². The van der Waals surface area contributed by atoms with Gasteiger partial charge < -0.3 is 10.0 Å². The lowest BCUT2D eigenvalue weighted by Crippen LogP contribution is -2.42.